The molecule has 0 bridgehead atoms. The van der Waals surface area contributed by atoms with Crippen LogP contribution in [0, 0.1) is 5.92 Å². The van der Waals surface area contributed by atoms with Crippen molar-refractivity contribution in [1.29, 1.82) is 0 Å². The molecule has 0 aromatic heterocycles. The van der Waals surface area contributed by atoms with Crippen LogP contribution < -0.4 is 5.32 Å². The standard InChI is InChI=1S/C18H29N/c1-14(2)17-9-11-18(12-10-17)15(3)19-13-16-7-5-4-6-8-16/h9-12,14-16,19H,4-8,13H2,1-3H3. The van der Waals surface area contributed by atoms with Gasteiger partial charge in [-0.15, -0.1) is 0 Å². The molecular formula is C18H29N. The van der Waals surface area contributed by atoms with E-state index in [-0.39, 0.29) is 0 Å². The van der Waals surface area contributed by atoms with Crippen molar-refractivity contribution in [3.63, 3.8) is 0 Å². The van der Waals surface area contributed by atoms with Crippen LogP contribution in [0.25, 0.3) is 0 Å². The second-order valence-corrected chi connectivity index (χ2v) is 6.46. The van der Waals surface area contributed by atoms with Gasteiger partial charge in [0.05, 0.1) is 0 Å². The Balaban J connectivity index is 1.83. The first-order chi connectivity index (χ1) is 9.16. The van der Waals surface area contributed by atoms with Gasteiger partial charge in [-0.1, -0.05) is 57.4 Å². The summed E-state index contributed by atoms with van der Waals surface area (Å²) in [4.78, 5) is 0. The molecule has 0 radical (unpaired) electrons. The molecule has 1 aromatic rings. The molecule has 1 heteroatoms. The summed E-state index contributed by atoms with van der Waals surface area (Å²) in [6, 6.07) is 9.60. The fraction of sp³-hybridized carbons (Fsp3) is 0.667. The molecule has 0 spiro atoms. The van der Waals surface area contributed by atoms with E-state index < -0.39 is 0 Å². The second kappa shape index (κ2) is 7.09. The molecule has 0 aliphatic heterocycles. The van der Waals surface area contributed by atoms with E-state index in [4.69, 9.17) is 0 Å². The van der Waals surface area contributed by atoms with E-state index in [0.29, 0.717) is 12.0 Å². The molecule has 19 heavy (non-hydrogen) atoms. The van der Waals surface area contributed by atoms with Gasteiger partial charge in [0.15, 0.2) is 0 Å². The Morgan fingerprint density at radius 1 is 0.947 bits per heavy atom. The fourth-order valence-corrected chi connectivity index (χ4v) is 3.02. The van der Waals surface area contributed by atoms with Crippen molar-refractivity contribution in [1.82, 2.24) is 5.32 Å². The maximum Gasteiger partial charge on any atom is 0.0291 e. The lowest BCUT2D eigenvalue weighted by molar-refractivity contribution is 0.331. The molecule has 0 heterocycles. The lowest BCUT2D eigenvalue weighted by Gasteiger charge is -2.24. The average molecular weight is 259 g/mol. The minimum Gasteiger partial charge on any atom is -0.310 e. The summed E-state index contributed by atoms with van der Waals surface area (Å²) >= 11 is 0. The summed E-state index contributed by atoms with van der Waals surface area (Å²) < 4.78 is 0. The maximum absolute atomic E-state index is 3.72. The van der Waals surface area contributed by atoms with Gasteiger partial charge >= 0.3 is 0 Å². The zero-order valence-electron chi connectivity index (χ0n) is 12.8. The molecule has 1 aromatic carbocycles. The molecule has 0 saturated heterocycles. The summed E-state index contributed by atoms with van der Waals surface area (Å²) in [6.07, 6.45) is 7.16. The first-order valence-corrected chi connectivity index (χ1v) is 8.00. The first-order valence-electron chi connectivity index (χ1n) is 8.00. The van der Waals surface area contributed by atoms with Crippen LogP contribution in [-0.2, 0) is 0 Å². The largest absolute Gasteiger partial charge is 0.310 e. The minimum absolute atomic E-state index is 0.475. The molecule has 1 fully saturated rings. The Kier molecular flexibility index (Phi) is 5.45. The molecule has 1 nitrogen and oxygen atoms in total. The van der Waals surface area contributed by atoms with Gasteiger partial charge in [0.1, 0.15) is 0 Å². The van der Waals surface area contributed by atoms with Crippen molar-refractivity contribution in [3.05, 3.63) is 35.4 Å². The van der Waals surface area contributed by atoms with Gasteiger partial charge < -0.3 is 5.32 Å². The number of hydrogen-bond donors (Lipinski definition) is 1. The van der Waals surface area contributed by atoms with Gasteiger partial charge in [0.2, 0.25) is 0 Å². The molecule has 1 aliphatic rings. The van der Waals surface area contributed by atoms with Gasteiger partial charge in [0, 0.05) is 6.04 Å². The Labute approximate surface area is 118 Å². The zero-order chi connectivity index (χ0) is 13.7. The van der Waals surface area contributed by atoms with Crippen molar-refractivity contribution >= 4 is 0 Å². The molecule has 1 saturated carbocycles. The van der Waals surface area contributed by atoms with Crippen LogP contribution in [0.5, 0.6) is 0 Å². The van der Waals surface area contributed by atoms with Crippen LogP contribution in [0.1, 0.15) is 76.0 Å². The molecule has 1 aliphatic carbocycles. The average Bonchev–Trinajstić information content (AvgIpc) is 2.46. The molecule has 1 N–H and O–H groups in total. The maximum atomic E-state index is 3.72. The highest BCUT2D eigenvalue weighted by Crippen LogP contribution is 2.24. The Bertz CT molecular complexity index is 360. The van der Waals surface area contributed by atoms with Gasteiger partial charge in [-0.25, -0.2) is 0 Å². The van der Waals surface area contributed by atoms with E-state index in [1.807, 2.05) is 0 Å². The first kappa shape index (κ1) is 14.6. The van der Waals surface area contributed by atoms with E-state index in [0.717, 1.165) is 5.92 Å². The molecule has 2 rings (SSSR count). The van der Waals surface area contributed by atoms with Crippen molar-refractivity contribution < 1.29 is 0 Å². The zero-order valence-corrected chi connectivity index (χ0v) is 12.8. The predicted octanol–water partition coefficient (Wildman–Crippen LogP) is 5.04. The smallest absolute Gasteiger partial charge is 0.0291 e. The van der Waals surface area contributed by atoms with E-state index in [2.05, 4.69) is 50.4 Å². The predicted molar refractivity (Wildman–Crippen MR) is 83.5 cm³/mol. The van der Waals surface area contributed by atoms with E-state index in [1.54, 1.807) is 0 Å². The number of nitrogens with one attached hydrogen (secondary N) is 1. The third-order valence-corrected chi connectivity index (χ3v) is 4.54. The summed E-state index contributed by atoms with van der Waals surface area (Å²) in [5.74, 6) is 1.53. The van der Waals surface area contributed by atoms with Crippen LogP contribution >= 0.6 is 0 Å². The van der Waals surface area contributed by atoms with Crippen molar-refractivity contribution in [2.24, 2.45) is 5.92 Å². The molecule has 106 valence electrons. The van der Waals surface area contributed by atoms with Crippen molar-refractivity contribution in [2.75, 3.05) is 6.54 Å². The molecule has 1 atom stereocenters. The van der Waals surface area contributed by atoms with Gasteiger partial charge in [-0.05, 0) is 49.3 Å². The Hall–Kier alpha value is -0.820. The SMILES string of the molecule is CC(C)c1ccc(C(C)NCC2CCCCC2)cc1. The van der Waals surface area contributed by atoms with Gasteiger partial charge in [-0.3, -0.25) is 0 Å². The highest BCUT2D eigenvalue weighted by atomic mass is 14.9. The van der Waals surface area contributed by atoms with Crippen LogP contribution in [0.4, 0.5) is 0 Å². The van der Waals surface area contributed by atoms with Crippen molar-refractivity contribution in [2.45, 2.75) is 64.8 Å². The Morgan fingerprint density at radius 3 is 2.11 bits per heavy atom. The van der Waals surface area contributed by atoms with E-state index >= 15 is 0 Å². The number of benzene rings is 1. The third-order valence-electron chi connectivity index (χ3n) is 4.54. The number of rotatable bonds is 5. The van der Waals surface area contributed by atoms with Crippen LogP contribution in [0.15, 0.2) is 24.3 Å². The molecule has 1 unspecified atom stereocenters. The van der Waals surface area contributed by atoms with Crippen LogP contribution in [-0.4, -0.2) is 6.54 Å². The third kappa shape index (κ3) is 4.35. The summed E-state index contributed by atoms with van der Waals surface area (Å²) in [6.45, 7) is 7.97. The normalized spacial score (nSPS) is 18.7. The fourth-order valence-electron chi connectivity index (χ4n) is 3.02. The topological polar surface area (TPSA) is 12.0 Å². The van der Waals surface area contributed by atoms with E-state index in [1.165, 1.54) is 49.8 Å². The highest BCUT2D eigenvalue weighted by molar-refractivity contribution is 5.26. The summed E-state index contributed by atoms with van der Waals surface area (Å²) in [5, 5.41) is 3.72. The van der Waals surface area contributed by atoms with Crippen LogP contribution in [0.2, 0.25) is 0 Å². The second-order valence-electron chi connectivity index (χ2n) is 6.46. The van der Waals surface area contributed by atoms with Gasteiger partial charge in [0.25, 0.3) is 0 Å². The lowest BCUT2D eigenvalue weighted by Crippen LogP contribution is -2.27. The highest BCUT2D eigenvalue weighted by Gasteiger charge is 2.14. The van der Waals surface area contributed by atoms with Gasteiger partial charge in [-0.2, -0.15) is 0 Å². The van der Waals surface area contributed by atoms with E-state index in [9.17, 15) is 0 Å². The molecular weight excluding hydrogens is 230 g/mol. The lowest BCUT2D eigenvalue weighted by atomic mass is 9.89. The minimum atomic E-state index is 0.475. The Morgan fingerprint density at radius 2 is 1.53 bits per heavy atom. The monoisotopic (exact) mass is 259 g/mol. The summed E-state index contributed by atoms with van der Waals surface area (Å²) in [7, 11) is 0. The number of hydrogen-bond acceptors (Lipinski definition) is 1. The van der Waals surface area contributed by atoms with Crippen LogP contribution in [0.3, 0.4) is 0 Å². The summed E-state index contributed by atoms with van der Waals surface area (Å²) in [5.41, 5.74) is 2.85. The molecule has 0 amide bonds. The quantitative estimate of drug-likeness (QED) is 0.781. The van der Waals surface area contributed by atoms with Crippen molar-refractivity contribution in [3.8, 4) is 0 Å².